The summed E-state index contributed by atoms with van der Waals surface area (Å²) in [4.78, 5) is 25.4. The van der Waals surface area contributed by atoms with Crippen molar-refractivity contribution in [2.24, 2.45) is 0 Å². The molecule has 2 aromatic carbocycles. The van der Waals surface area contributed by atoms with E-state index in [1.807, 2.05) is 0 Å². The number of likely N-dealkylation sites (N-methyl/N-ethyl adjacent to an activating group) is 1. The molecule has 156 valence electrons. The molecule has 0 aromatic heterocycles. The lowest BCUT2D eigenvalue weighted by Crippen LogP contribution is -3.11. The van der Waals surface area contributed by atoms with Crippen LogP contribution in [0.25, 0.3) is 0 Å². The van der Waals surface area contributed by atoms with Crippen molar-refractivity contribution < 1.29 is 28.7 Å². The van der Waals surface area contributed by atoms with Crippen LogP contribution in [0.4, 0.5) is 11.4 Å². The number of carbonyl (C=O) groups is 2. The molecule has 0 radical (unpaired) electrons. The average Bonchev–Trinajstić information content (AvgIpc) is 2.67. The maximum absolute atomic E-state index is 12.4. The van der Waals surface area contributed by atoms with Crippen LogP contribution in [0.2, 0.25) is 5.02 Å². The zero-order chi connectivity index (χ0) is 21.4. The largest absolute Gasteiger partial charge is 0.497 e. The van der Waals surface area contributed by atoms with E-state index in [2.05, 4.69) is 10.6 Å². The average molecular weight is 423 g/mol. The zero-order valence-corrected chi connectivity index (χ0v) is 17.6. The molecule has 0 bridgehead atoms. The molecule has 0 saturated heterocycles. The predicted octanol–water partition coefficient (Wildman–Crippen LogP) is 1.46. The number of rotatable bonds is 9. The van der Waals surface area contributed by atoms with Gasteiger partial charge in [0, 0.05) is 11.1 Å². The van der Waals surface area contributed by atoms with Crippen LogP contribution >= 0.6 is 11.6 Å². The van der Waals surface area contributed by atoms with Gasteiger partial charge in [-0.05, 0) is 30.3 Å². The Morgan fingerprint density at radius 1 is 0.862 bits per heavy atom. The van der Waals surface area contributed by atoms with Gasteiger partial charge in [-0.1, -0.05) is 11.6 Å². The summed E-state index contributed by atoms with van der Waals surface area (Å²) in [6.45, 7) is 0.165. The molecule has 2 rings (SSSR count). The molecule has 1 unspecified atom stereocenters. The van der Waals surface area contributed by atoms with Gasteiger partial charge in [0.1, 0.15) is 17.2 Å². The lowest BCUT2D eigenvalue weighted by Gasteiger charge is -2.16. The van der Waals surface area contributed by atoms with Gasteiger partial charge in [0.2, 0.25) is 0 Å². The highest BCUT2D eigenvalue weighted by molar-refractivity contribution is 6.31. The fourth-order valence-electron chi connectivity index (χ4n) is 2.69. The molecule has 8 nitrogen and oxygen atoms in total. The summed E-state index contributed by atoms with van der Waals surface area (Å²) in [7, 11) is 6.31. The third kappa shape index (κ3) is 6.55. The molecule has 0 heterocycles. The number of halogens is 1. The topological polar surface area (TPSA) is 90.3 Å². The van der Waals surface area contributed by atoms with Crippen molar-refractivity contribution in [2.45, 2.75) is 0 Å². The van der Waals surface area contributed by atoms with Crippen molar-refractivity contribution in [3.63, 3.8) is 0 Å². The number of benzene rings is 2. The fraction of sp³-hybridized carbons (Fsp3) is 0.300. The number of nitrogens with one attached hydrogen (secondary N) is 3. The summed E-state index contributed by atoms with van der Waals surface area (Å²) < 4.78 is 15.6. The van der Waals surface area contributed by atoms with E-state index in [1.54, 1.807) is 50.6 Å². The first kappa shape index (κ1) is 22.3. The molecule has 0 saturated carbocycles. The molecular formula is C20H25ClN3O5+. The van der Waals surface area contributed by atoms with E-state index < -0.39 is 0 Å². The number of hydrogen-bond acceptors (Lipinski definition) is 5. The van der Waals surface area contributed by atoms with Crippen molar-refractivity contribution >= 4 is 34.8 Å². The van der Waals surface area contributed by atoms with Crippen molar-refractivity contribution in [3.05, 3.63) is 41.4 Å². The van der Waals surface area contributed by atoms with Gasteiger partial charge in [0.05, 0.1) is 39.8 Å². The van der Waals surface area contributed by atoms with Crippen molar-refractivity contribution in [2.75, 3.05) is 52.1 Å². The van der Waals surface area contributed by atoms with Crippen LogP contribution in [0, 0.1) is 0 Å². The minimum Gasteiger partial charge on any atom is -0.497 e. The monoisotopic (exact) mass is 422 g/mol. The number of hydrogen-bond donors (Lipinski definition) is 3. The quantitative estimate of drug-likeness (QED) is 0.569. The number of quaternary nitrogens is 1. The van der Waals surface area contributed by atoms with Gasteiger partial charge in [-0.25, -0.2) is 0 Å². The van der Waals surface area contributed by atoms with E-state index in [0.29, 0.717) is 38.5 Å². The van der Waals surface area contributed by atoms with Crippen LogP contribution in [0.15, 0.2) is 36.4 Å². The lowest BCUT2D eigenvalue weighted by atomic mass is 10.2. The number of methoxy groups -OCH3 is 3. The highest BCUT2D eigenvalue weighted by atomic mass is 35.5. The molecule has 0 spiro atoms. The number of amides is 2. The Labute approximate surface area is 174 Å². The highest BCUT2D eigenvalue weighted by Crippen LogP contribution is 2.29. The Kier molecular flexibility index (Phi) is 8.11. The fourth-order valence-corrected chi connectivity index (χ4v) is 2.86. The zero-order valence-electron chi connectivity index (χ0n) is 16.8. The SMILES string of the molecule is COc1ccc(OC)c(NC(=O)C[NH+](C)CC(=O)Nc2cc(Cl)ccc2OC)c1. The molecule has 0 aliphatic heterocycles. The van der Waals surface area contributed by atoms with Crippen LogP contribution in [-0.2, 0) is 9.59 Å². The molecule has 2 aromatic rings. The van der Waals surface area contributed by atoms with Gasteiger partial charge in [0.25, 0.3) is 11.8 Å². The first-order valence-electron chi connectivity index (χ1n) is 8.82. The Balaban J connectivity index is 1.93. The lowest BCUT2D eigenvalue weighted by molar-refractivity contribution is -0.862. The Bertz CT molecular complexity index is 875. The van der Waals surface area contributed by atoms with Crippen LogP contribution in [0.5, 0.6) is 17.2 Å². The van der Waals surface area contributed by atoms with Crippen LogP contribution < -0.4 is 29.7 Å². The molecule has 2 amide bonds. The summed E-state index contributed by atoms with van der Waals surface area (Å²) in [5.74, 6) is 1.08. The Morgan fingerprint density at radius 2 is 1.38 bits per heavy atom. The first-order valence-corrected chi connectivity index (χ1v) is 9.20. The van der Waals surface area contributed by atoms with Crippen LogP contribution in [0.3, 0.4) is 0 Å². The highest BCUT2D eigenvalue weighted by Gasteiger charge is 2.17. The van der Waals surface area contributed by atoms with E-state index >= 15 is 0 Å². The van der Waals surface area contributed by atoms with E-state index in [1.165, 1.54) is 14.2 Å². The standard InChI is InChI=1S/C20H24ClN3O5/c1-24(11-19(25)22-15-9-13(21)5-7-17(15)28-3)12-20(26)23-16-10-14(27-2)6-8-18(16)29-4/h5-10H,11-12H2,1-4H3,(H,22,25)(H,23,26)/p+1. The minimum absolute atomic E-state index is 0.0817. The summed E-state index contributed by atoms with van der Waals surface area (Å²) in [5, 5.41) is 6.01. The van der Waals surface area contributed by atoms with E-state index in [0.717, 1.165) is 0 Å². The molecule has 0 fully saturated rings. The first-order chi connectivity index (χ1) is 13.9. The summed E-state index contributed by atoms with van der Waals surface area (Å²) >= 11 is 5.97. The molecule has 3 N–H and O–H groups in total. The van der Waals surface area contributed by atoms with Gasteiger partial charge in [-0.3, -0.25) is 9.59 Å². The number of ether oxygens (including phenoxy) is 3. The van der Waals surface area contributed by atoms with Gasteiger partial charge in [0.15, 0.2) is 13.1 Å². The smallest absolute Gasteiger partial charge is 0.279 e. The van der Waals surface area contributed by atoms with E-state index in [4.69, 9.17) is 25.8 Å². The number of anilines is 2. The predicted molar refractivity (Wildman–Crippen MR) is 111 cm³/mol. The van der Waals surface area contributed by atoms with Gasteiger partial charge in [-0.15, -0.1) is 0 Å². The number of carbonyl (C=O) groups excluding carboxylic acids is 2. The van der Waals surface area contributed by atoms with E-state index in [-0.39, 0.29) is 24.9 Å². The van der Waals surface area contributed by atoms with Gasteiger partial charge in [-0.2, -0.15) is 0 Å². The van der Waals surface area contributed by atoms with Crippen molar-refractivity contribution in [3.8, 4) is 17.2 Å². The normalized spacial score (nSPS) is 11.3. The van der Waals surface area contributed by atoms with Crippen molar-refractivity contribution in [1.29, 1.82) is 0 Å². The molecule has 0 aliphatic rings. The maximum atomic E-state index is 12.4. The maximum Gasteiger partial charge on any atom is 0.279 e. The summed E-state index contributed by atoms with van der Waals surface area (Å²) in [6, 6.07) is 10.1. The Morgan fingerprint density at radius 3 is 1.90 bits per heavy atom. The van der Waals surface area contributed by atoms with E-state index in [9.17, 15) is 9.59 Å². The van der Waals surface area contributed by atoms with Gasteiger partial charge < -0.3 is 29.7 Å². The van der Waals surface area contributed by atoms with Crippen LogP contribution in [-0.4, -0.2) is 53.3 Å². The molecule has 0 aliphatic carbocycles. The van der Waals surface area contributed by atoms with Crippen LogP contribution in [0.1, 0.15) is 0 Å². The second-order valence-electron chi connectivity index (χ2n) is 6.32. The molecule has 29 heavy (non-hydrogen) atoms. The summed E-state index contributed by atoms with van der Waals surface area (Å²) in [6.07, 6.45) is 0. The second kappa shape index (κ2) is 10.5. The third-order valence-electron chi connectivity index (χ3n) is 4.04. The van der Waals surface area contributed by atoms with Crippen molar-refractivity contribution in [1.82, 2.24) is 0 Å². The minimum atomic E-state index is -0.269. The summed E-state index contributed by atoms with van der Waals surface area (Å²) in [5.41, 5.74) is 0.973. The Hall–Kier alpha value is -2.97. The molecular weight excluding hydrogens is 398 g/mol. The second-order valence-corrected chi connectivity index (χ2v) is 6.75. The molecule has 9 heteroatoms. The third-order valence-corrected chi connectivity index (χ3v) is 4.28. The molecule has 1 atom stereocenters. The van der Waals surface area contributed by atoms with Gasteiger partial charge >= 0.3 is 0 Å².